The van der Waals surface area contributed by atoms with Gasteiger partial charge >= 0.3 is 0 Å². The minimum absolute atomic E-state index is 0.141. The van der Waals surface area contributed by atoms with Gasteiger partial charge in [-0.2, -0.15) is 0 Å². The van der Waals surface area contributed by atoms with Gasteiger partial charge in [0.1, 0.15) is 11.7 Å². The number of amidine groups is 1. The lowest BCUT2D eigenvalue weighted by atomic mass is 10.1. The van der Waals surface area contributed by atoms with E-state index in [1.165, 1.54) is 17.8 Å². The van der Waals surface area contributed by atoms with Gasteiger partial charge in [-0.15, -0.1) is 11.8 Å². The third kappa shape index (κ3) is 3.54. The van der Waals surface area contributed by atoms with Gasteiger partial charge in [0, 0.05) is 16.4 Å². The molecule has 0 unspecified atom stereocenters. The van der Waals surface area contributed by atoms with E-state index in [1.807, 2.05) is 12.1 Å². The fourth-order valence-electron chi connectivity index (χ4n) is 1.50. The Morgan fingerprint density at radius 2 is 2.16 bits per heavy atom. The summed E-state index contributed by atoms with van der Waals surface area (Å²) in [6.45, 7) is 0. The summed E-state index contributed by atoms with van der Waals surface area (Å²) in [5.74, 6) is -0.243. The lowest BCUT2D eigenvalue weighted by Gasteiger charge is -2.06. The van der Waals surface area contributed by atoms with Crippen LogP contribution in [0, 0.1) is 11.2 Å². The zero-order chi connectivity index (χ0) is 13.8. The Morgan fingerprint density at radius 3 is 2.79 bits per heavy atom. The normalized spacial score (nSPS) is 10.4. The van der Waals surface area contributed by atoms with Crippen LogP contribution in [0.25, 0.3) is 0 Å². The Labute approximate surface area is 123 Å². The summed E-state index contributed by atoms with van der Waals surface area (Å²) in [6.07, 6.45) is 1.70. The van der Waals surface area contributed by atoms with E-state index in [4.69, 9.17) is 11.1 Å². The maximum absolute atomic E-state index is 14.0. The monoisotopic (exact) mass is 339 g/mol. The van der Waals surface area contributed by atoms with Crippen molar-refractivity contribution in [1.82, 2.24) is 4.98 Å². The average Bonchev–Trinajstić information content (AvgIpc) is 2.39. The molecular weight excluding hydrogens is 329 g/mol. The van der Waals surface area contributed by atoms with Crippen molar-refractivity contribution in [1.29, 1.82) is 5.41 Å². The summed E-state index contributed by atoms with van der Waals surface area (Å²) < 4.78 is 14.9. The molecule has 1 aromatic carbocycles. The van der Waals surface area contributed by atoms with Crippen LogP contribution in [-0.4, -0.2) is 10.8 Å². The Bertz CT molecular complexity index is 601. The highest BCUT2D eigenvalue weighted by atomic mass is 79.9. The van der Waals surface area contributed by atoms with E-state index in [9.17, 15) is 4.39 Å². The predicted octanol–water partition coefficient (Wildman–Crippen LogP) is 3.56. The molecule has 19 heavy (non-hydrogen) atoms. The first-order valence-electron chi connectivity index (χ1n) is 5.44. The molecule has 0 atom stereocenters. The lowest BCUT2D eigenvalue weighted by Crippen LogP contribution is -2.14. The standard InChI is InChI=1S/C13H11BrFN3S/c14-9-4-5-11(18-6-9)19-7-8-2-1-3-10(12(8)15)13(16)17/h1-6H,7H2,(H3,16,17). The van der Waals surface area contributed by atoms with Crippen LogP contribution >= 0.6 is 27.7 Å². The van der Waals surface area contributed by atoms with Crippen molar-refractivity contribution in [2.24, 2.45) is 5.73 Å². The SMILES string of the molecule is N=C(N)c1cccc(CSc2ccc(Br)cn2)c1F. The van der Waals surface area contributed by atoms with Gasteiger partial charge in [0.15, 0.2) is 0 Å². The molecule has 1 heterocycles. The number of thioether (sulfide) groups is 1. The maximum Gasteiger partial charge on any atom is 0.138 e. The van der Waals surface area contributed by atoms with Crippen LogP contribution in [0.5, 0.6) is 0 Å². The smallest absolute Gasteiger partial charge is 0.138 e. The number of halogens is 2. The molecule has 3 nitrogen and oxygen atoms in total. The quantitative estimate of drug-likeness (QED) is 0.508. The number of hydrogen-bond acceptors (Lipinski definition) is 3. The van der Waals surface area contributed by atoms with Crippen molar-refractivity contribution in [3.05, 3.63) is 57.9 Å². The van der Waals surface area contributed by atoms with E-state index in [-0.39, 0.29) is 11.4 Å². The molecule has 0 saturated carbocycles. The molecule has 0 aliphatic heterocycles. The number of rotatable bonds is 4. The van der Waals surface area contributed by atoms with Crippen LogP contribution < -0.4 is 5.73 Å². The second kappa shape index (κ2) is 6.16. The number of nitrogens with zero attached hydrogens (tertiary/aromatic N) is 1. The average molecular weight is 340 g/mol. The van der Waals surface area contributed by atoms with Crippen LogP contribution in [0.4, 0.5) is 4.39 Å². The summed E-state index contributed by atoms with van der Waals surface area (Å²) in [5.41, 5.74) is 5.98. The molecule has 2 aromatic rings. The molecule has 0 saturated heterocycles. The molecule has 0 fully saturated rings. The number of nitrogen functional groups attached to an aromatic ring is 1. The molecule has 0 radical (unpaired) electrons. The molecule has 0 aliphatic carbocycles. The van der Waals surface area contributed by atoms with Crippen molar-refractivity contribution >= 4 is 33.5 Å². The largest absolute Gasteiger partial charge is 0.384 e. The fourth-order valence-corrected chi connectivity index (χ4v) is 2.55. The second-order valence-corrected chi connectivity index (χ2v) is 5.71. The van der Waals surface area contributed by atoms with Crippen LogP contribution in [0.1, 0.15) is 11.1 Å². The lowest BCUT2D eigenvalue weighted by molar-refractivity contribution is 0.614. The summed E-state index contributed by atoms with van der Waals surface area (Å²) in [4.78, 5) is 4.21. The number of nitrogens with one attached hydrogen (secondary N) is 1. The van der Waals surface area contributed by atoms with E-state index in [2.05, 4.69) is 20.9 Å². The summed E-state index contributed by atoms with van der Waals surface area (Å²) in [6, 6.07) is 8.64. The summed E-state index contributed by atoms with van der Waals surface area (Å²) in [7, 11) is 0. The number of hydrogen-bond donors (Lipinski definition) is 2. The van der Waals surface area contributed by atoms with Crippen LogP contribution in [0.2, 0.25) is 0 Å². The van der Waals surface area contributed by atoms with E-state index >= 15 is 0 Å². The van der Waals surface area contributed by atoms with Crippen molar-refractivity contribution < 1.29 is 4.39 Å². The summed E-state index contributed by atoms with van der Waals surface area (Å²) in [5, 5.41) is 8.12. The molecular formula is C13H11BrFN3S. The summed E-state index contributed by atoms with van der Waals surface area (Å²) >= 11 is 4.74. The number of aromatic nitrogens is 1. The Balaban J connectivity index is 2.13. The molecule has 6 heteroatoms. The van der Waals surface area contributed by atoms with Crippen molar-refractivity contribution in [2.75, 3.05) is 0 Å². The van der Waals surface area contributed by atoms with Gasteiger partial charge in [-0.25, -0.2) is 9.37 Å². The van der Waals surface area contributed by atoms with E-state index in [0.717, 1.165) is 9.50 Å². The third-order valence-corrected chi connectivity index (χ3v) is 3.91. The van der Waals surface area contributed by atoms with Gasteiger partial charge < -0.3 is 5.73 Å². The Hall–Kier alpha value is -1.40. The predicted molar refractivity (Wildman–Crippen MR) is 78.9 cm³/mol. The molecule has 98 valence electrons. The number of pyridine rings is 1. The van der Waals surface area contributed by atoms with E-state index in [1.54, 1.807) is 18.3 Å². The first-order valence-corrected chi connectivity index (χ1v) is 7.22. The minimum atomic E-state index is -0.431. The van der Waals surface area contributed by atoms with Crippen molar-refractivity contribution in [3.63, 3.8) is 0 Å². The van der Waals surface area contributed by atoms with Gasteiger partial charge in [0.25, 0.3) is 0 Å². The van der Waals surface area contributed by atoms with Gasteiger partial charge in [0.2, 0.25) is 0 Å². The van der Waals surface area contributed by atoms with Gasteiger partial charge in [-0.1, -0.05) is 12.1 Å². The minimum Gasteiger partial charge on any atom is -0.384 e. The van der Waals surface area contributed by atoms with Gasteiger partial charge in [0.05, 0.1) is 10.6 Å². The Kier molecular flexibility index (Phi) is 4.55. The molecule has 2 rings (SSSR count). The van der Waals surface area contributed by atoms with E-state index in [0.29, 0.717) is 11.3 Å². The molecule has 0 bridgehead atoms. The number of nitrogens with two attached hydrogens (primary N) is 1. The highest BCUT2D eigenvalue weighted by Crippen LogP contribution is 2.24. The first kappa shape index (κ1) is 14.0. The number of benzene rings is 1. The second-order valence-electron chi connectivity index (χ2n) is 3.80. The Morgan fingerprint density at radius 1 is 1.37 bits per heavy atom. The molecule has 0 spiro atoms. The molecule has 0 amide bonds. The maximum atomic E-state index is 14.0. The van der Waals surface area contributed by atoms with E-state index < -0.39 is 5.82 Å². The van der Waals surface area contributed by atoms with Crippen LogP contribution in [0.3, 0.4) is 0 Å². The fraction of sp³-hybridized carbons (Fsp3) is 0.0769. The highest BCUT2D eigenvalue weighted by Gasteiger charge is 2.10. The van der Waals surface area contributed by atoms with Crippen molar-refractivity contribution in [2.45, 2.75) is 10.8 Å². The topological polar surface area (TPSA) is 62.8 Å². The molecule has 3 N–H and O–H groups in total. The zero-order valence-corrected chi connectivity index (χ0v) is 12.3. The molecule has 1 aromatic heterocycles. The molecule has 0 aliphatic rings. The third-order valence-electron chi connectivity index (χ3n) is 2.44. The van der Waals surface area contributed by atoms with Crippen molar-refractivity contribution in [3.8, 4) is 0 Å². The first-order chi connectivity index (χ1) is 9.08. The van der Waals surface area contributed by atoms with Gasteiger partial charge in [-0.3, -0.25) is 5.41 Å². The zero-order valence-electron chi connectivity index (χ0n) is 9.86. The van der Waals surface area contributed by atoms with Gasteiger partial charge in [-0.05, 0) is 39.7 Å². The highest BCUT2D eigenvalue weighted by molar-refractivity contribution is 9.10. The van der Waals surface area contributed by atoms with Crippen LogP contribution in [0.15, 0.2) is 46.0 Å². The van der Waals surface area contributed by atoms with Crippen LogP contribution in [-0.2, 0) is 5.75 Å².